The molecular weight excluding hydrogens is 472 g/mol. The number of rotatable bonds is 3. The lowest BCUT2D eigenvalue weighted by Gasteiger charge is -2.17. The molecule has 5 rings (SSSR count). The normalized spacial score (nSPS) is 11.5. The maximum Gasteiger partial charge on any atom is 0.332 e. The molecule has 0 fully saturated rings. The van der Waals surface area contributed by atoms with Crippen LogP contribution in [0.5, 0.6) is 0 Å². The third kappa shape index (κ3) is 3.17. The molecule has 0 aliphatic rings. The predicted octanol–water partition coefficient (Wildman–Crippen LogP) is 1.74. The van der Waals surface area contributed by atoms with E-state index in [2.05, 4.69) is 4.98 Å². The number of hydrogen-bond donors (Lipinski definition) is 1. The van der Waals surface area contributed by atoms with Gasteiger partial charge in [0.15, 0.2) is 0 Å². The van der Waals surface area contributed by atoms with Gasteiger partial charge in [-0.15, -0.1) is 0 Å². The van der Waals surface area contributed by atoms with Crippen LogP contribution in [0.3, 0.4) is 0 Å². The molecule has 5 aromatic rings. The second kappa shape index (κ2) is 7.88. The van der Waals surface area contributed by atoms with Crippen LogP contribution in [0.4, 0.5) is 0 Å². The van der Waals surface area contributed by atoms with Crippen LogP contribution in [0, 0.1) is 0 Å². The summed E-state index contributed by atoms with van der Waals surface area (Å²) in [5.74, 6) is 0.281. The van der Waals surface area contributed by atoms with Crippen molar-refractivity contribution in [1.82, 2.24) is 27.8 Å². The largest absolute Gasteiger partial charge is 0.340 e. The zero-order valence-electron chi connectivity index (χ0n) is 19.4. The van der Waals surface area contributed by atoms with Crippen LogP contribution in [-0.2, 0) is 28.2 Å². The molecule has 0 saturated carbocycles. The molecule has 0 unspecified atom stereocenters. The van der Waals surface area contributed by atoms with Crippen LogP contribution in [0.1, 0.15) is 0 Å². The number of nitrogens with one attached hydrogen (secondary N) is 1. The van der Waals surface area contributed by atoms with Gasteiger partial charge in [-0.1, -0.05) is 23.7 Å². The molecular formula is C24H21ClN6O4. The van der Waals surface area contributed by atoms with Crippen molar-refractivity contribution in [2.45, 2.75) is 0 Å². The van der Waals surface area contributed by atoms with Crippen molar-refractivity contribution in [3.63, 3.8) is 0 Å². The van der Waals surface area contributed by atoms with Gasteiger partial charge >= 0.3 is 11.4 Å². The minimum absolute atomic E-state index is 0.128. The second-order valence-electron chi connectivity index (χ2n) is 8.31. The monoisotopic (exact) mass is 492 g/mol. The summed E-state index contributed by atoms with van der Waals surface area (Å²) in [6.45, 7) is 0. The molecule has 1 N–H and O–H groups in total. The predicted molar refractivity (Wildman–Crippen MR) is 134 cm³/mol. The first-order chi connectivity index (χ1) is 16.6. The van der Waals surface area contributed by atoms with Gasteiger partial charge in [-0.2, -0.15) is 0 Å². The van der Waals surface area contributed by atoms with Gasteiger partial charge in [-0.3, -0.25) is 27.9 Å². The van der Waals surface area contributed by atoms with E-state index in [4.69, 9.17) is 11.6 Å². The summed E-state index contributed by atoms with van der Waals surface area (Å²) in [5, 5.41) is 0.599. The van der Waals surface area contributed by atoms with Crippen molar-refractivity contribution in [3.8, 4) is 28.2 Å². The number of nitrogens with zero attached hydrogens (tertiary/aromatic N) is 5. The SMILES string of the molecule is Cn1c(-n2cccc2)c(-c2c(-c3cccc(Cl)c3)[nH]c3c2c(=O)n(C)c(=O)n3C)c(=O)n(C)c1=O. The van der Waals surface area contributed by atoms with Crippen molar-refractivity contribution in [2.24, 2.45) is 28.2 Å². The van der Waals surface area contributed by atoms with Crippen molar-refractivity contribution in [1.29, 1.82) is 0 Å². The quantitative estimate of drug-likeness (QED) is 0.414. The Labute approximate surface area is 202 Å². The fourth-order valence-electron chi connectivity index (χ4n) is 4.46. The lowest BCUT2D eigenvalue weighted by Crippen LogP contribution is -2.40. The highest BCUT2D eigenvalue weighted by Crippen LogP contribution is 2.37. The summed E-state index contributed by atoms with van der Waals surface area (Å²) in [7, 11) is 5.86. The summed E-state index contributed by atoms with van der Waals surface area (Å²) in [6.07, 6.45) is 3.42. The molecule has 178 valence electrons. The van der Waals surface area contributed by atoms with Crippen LogP contribution in [0.15, 0.2) is 68.0 Å². The van der Waals surface area contributed by atoms with E-state index < -0.39 is 22.5 Å². The number of aryl methyl sites for hydroxylation is 1. The molecule has 11 heteroatoms. The van der Waals surface area contributed by atoms with Gasteiger partial charge in [0.2, 0.25) is 0 Å². The number of benzene rings is 1. The summed E-state index contributed by atoms with van der Waals surface area (Å²) in [4.78, 5) is 56.0. The molecule has 4 aromatic heterocycles. The number of hydrogen-bond acceptors (Lipinski definition) is 4. The van der Waals surface area contributed by atoms with Gasteiger partial charge in [0.05, 0.1) is 16.6 Å². The Morgan fingerprint density at radius 2 is 1.37 bits per heavy atom. The van der Waals surface area contributed by atoms with Crippen LogP contribution in [0.25, 0.3) is 39.2 Å². The summed E-state index contributed by atoms with van der Waals surface area (Å²) >= 11 is 6.27. The van der Waals surface area contributed by atoms with Crippen LogP contribution < -0.4 is 22.5 Å². The Hall–Kier alpha value is -4.31. The van der Waals surface area contributed by atoms with Crippen molar-refractivity contribution in [3.05, 3.63) is 95.5 Å². The smallest absolute Gasteiger partial charge is 0.332 e. The van der Waals surface area contributed by atoms with E-state index in [1.807, 2.05) is 0 Å². The first kappa shape index (κ1) is 22.5. The minimum Gasteiger partial charge on any atom is -0.340 e. The zero-order chi connectivity index (χ0) is 25.2. The Kier molecular flexibility index (Phi) is 5.06. The molecule has 0 atom stereocenters. The van der Waals surface area contributed by atoms with Crippen LogP contribution in [0.2, 0.25) is 5.02 Å². The fraction of sp³-hybridized carbons (Fsp3) is 0.167. The van der Waals surface area contributed by atoms with E-state index in [1.54, 1.807) is 60.4 Å². The lowest BCUT2D eigenvalue weighted by atomic mass is 10.00. The van der Waals surface area contributed by atoms with Gasteiger partial charge in [-0.05, 0) is 24.3 Å². The Balaban J connectivity index is 2.11. The Bertz CT molecular complexity index is 1880. The van der Waals surface area contributed by atoms with E-state index in [9.17, 15) is 19.2 Å². The van der Waals surface area contributed by atoms with E-state index in [-0.39, 0.29) is 28.0 Å². The average Bonchev–Trinajstić information content (AvgIpc) is 3.50. The molecule has 0 aliphatic heterocycles. The van der Waals surface area contributed by atoms with Crippen molar-refractivity contribution < 1.29 is 0 Å². The molecule has 0 spiro atoms. The number of halogens is 1. The van der Waals surface area contributed by atoms with Gasteiger partial charge in [0.1, 0.15) is 11.5 Å². The number of aromatic amines is 1. The summed E-state index contributed by atoms with van der Waals surface area (Å²) in [6, 6.07) is 10.5. The third-order valence-corrected chi connectivity index (χ3v) is 6.49. The highest BCUT2D eigenvalue weighted by Gasteiger charge is 2.28. The maximum atomic E-state index is 13.7. The number of aromatic nitrogens is 6. The highest BCUT2D eigenvalue weighted by atomic mass is 35.5. The fourth-order valence-corrected chi connectivity index (χ4v) is 4.65. The van der Waals surface area contributed by atoms with E-state index >= 15 is 0 Å². The molecule has 1 aromatic carbocycles. The Morgan fingerprint density at radius 3 is 2.03 bits per heavy atom. The number of H-pyrrole nitrogens is 1. The lowest BCUT2D eigenvalue weighted by molar-refractivity contribution is 0.668. The van der Waals surface area contributed by atoms with Crippen LogP contribution >= 0.6 is 11.6 Å². The molecule has 0 bridgehead atoms. The maximum absolute atomic E-state index is 13.7. The van der Waals surface area contributed by atoms with Crippen molar-refractivity contribution in [2.75, 3.05) is 0 Å². The van der Waals surface area contributed by atoms with E-state index in [0.29, 0.717) is 16.3 Å². The van der Waals surface area contributed by atoms with E-state index in [0.717, 1.165) is 9.13 Å². The standard InChI is InChI=1S/C24H21ClN6O4/c1-27-19-16(21(32)29(3)23(27)34)15(18(26-19)13-8-7-9-14(25)12-13)17-20(31-10-5-6-11-31)28(2)24(35)30(4)22(17)33/h5-12,26H,1-4H3. The molecule has 0 aliphatic carbocycles. The van der Waals surface area contributed by atoms with Gasteiger partial charge in [0.25, 0.3) is 11.1 Å². The first-order valence-electron chi connectivity index (χ1n) is 10.6. The summed E-state index contributed by atoms with van der Waals surface area (Å²) < 4.78 is 6.30. The zero-order valence-corrected chi connectivity index (χ0v) is 20.1. The molecule has 0 amide bonds. The van der Waals surface area contributed by atoms with Gasteiger partial charge in [0, 0.05) is 56.7 Å². The van der Waals surface area contributed by atoms with Gasteiger partial charge in [-0.25, -0.2) is 9.59 Å². The second-order valence-corrected chi connectivity index (χ2v) is 8.75. The molecule has 0 saturated heterocycles. The van der Waals surface area contributed by atoms with E-state index in [1.165, 1.54) is 30.3 Å². The Morgan fingerprint density at radius 1 is 0.743 bits per heavy atom. The average molecular weight is 493 g/mol. The molecule has 35 heavy (non-hydrogen) atoms. The molecule has 4 heterocycles. The number of fused-ring (bicyclic) bond motifs is 1. The molecule has 0 radical (unpaired) electrons. The highest BCUT2D eigenvalue weighted by molar-refractivity contribution is 6.30. The summed E-state index contributed by atoms with van der Waals surface area (Å²) in [5.41, 5.74) is -0.524. The van der Waals surface area contributed by atoms with Gasteiger partial charge < -0.3 is 9.55 Å². The topological polar surface area (TPSA) is 109 Å². The first-order valence-corrected chi connectivity index (χ1v) is 11.0. The van der Waals surface area contributed by atoms with Crippen molar-refractivity contribution >= 4 is 22.6 Å². The third-order valence-electron chi connectivity index (χ3n) is 6.25. The molecule has 10 nitrogen and oxygen atoms in total. The minimum atomic E-state index is -0.586. The van der Waals surface area contributed by atoms with Crippen LogP contribution in [-0.4, -0.2) is 27.8 Å².